The Bertz CT molecular complexity index is 451. The van der Waals surface area contributed by atoms with Crippen LogP contribution in [0.25, 0.3) is 0 Å². The molecule has 2 rings (SSSR count). The highest BCUT2D eigenvalue weighted by molar-refractivity contribution is 6.30. The van der Waals surface area contributed by atoms with E-state index in [4.69, 9.17) is 17.3 Å². The Morgan fingerprint density at radius 3 is 2.48 bits per heavy atom. The molecule has 0 aliphatic heterocycles. The highest BCUT2D eigenvalue weighted by Crippen LogP contribution is 2.33. The monoisotopic (exact) mass is 308 g/mol. The first kappa shape index (κ1) is 16.6. The summed E-state index contributed by atoms with van der Waals surface area (Å²) in [5, 5.41) is 0.824. The highest BCUT2D eigenvalue weighted by Gasteiger charge is 2.25. The van der Waals surface area contributed by atoms with Gasteiger partial charge < -0.3 is 10.6 Å². The Labute approximate surface area is 134 Å². The van der Waals surface area contributed by atoms with Gasteiger partial charge in [-0.1, -0.05) is 44.4 Å². The normalized spacial score (nSPS) is 17.4. The molecule has 0 spiro atoms. The quantitative estimate of drug-likeness (QED) is 0.830. The van der Waals surface area contributed by atoms with Gasteiger partial charge in [0.05, 0.1) is 0 Å². The third kappa shape index (κ3) is 4.62. The molecular formula is C18H29ClN2. The first-order valence-corrected chi connectivity index (χ1v) is 8.65. The van der Waals surface area contributed by atoms with Crippen LogP contribution in [0.2, 0.25) is 5.02 Å². The van der Waals surface area contributed by atoms with Crippen LogP contribution in [0.5, 0.6) is 0 Å². The third-order valence-corrected chi connectivity index (χ3v) is 4.46. The molecule has 1 unspecified atom stereocenters. The molecule has 0 bridgehead atoms. The van der Waals surface area contributed by atoms with Crippen LogP contribution in [0.4, 0.5) is 5.69 Å². The molecule has 1 aliphatic rings. The smallest absolute Gasteiger partial charge is 0.0426 e. The van der Waals surface area contributed by atoms with E-state index >= 15 is 0 Å². The van der Waals surface area contributed by atoms with Crippen LogP contribution < -0.4 is 10.6 Å². The summed E-state index contributed by atoms with van der Waals surface area (Å²) in [6.07, 6.45) is 6.21. The van der Waals surface area contributed by atoms with Gasteiger partial charge in [-0.05, 0) is 49.8 Å². The second-order valence-electron chi connectivity index (χ2n) is 6.94. The summed E-state index contributed by atoms with van der Waals surface area (Å²) in [4.78, 5) is 2.60. The van der Waals surface area contributed by atoms with Gasteiger partial charge in [-0.15, -0.1) is 0 Å². The van der Waals surface area contributed by atoms with E-state index < -0.39 is 0 Å². The molecule has 21 heavy (non-hydrogen) atoms. The molecule has 0 saturated heterocycles. The molecule has 0 aromatic heterocycles. The van der Waals surface area contributed by atoms with Crippen molar-refractivity contribution in [2.45, 2.75) is 65.0 Å². The molecule has 0 amide bonds. The van der Waals surface area contributed by atoms with Crippen molar-refractivity contribution in [3.63, 3.8) is 0 Å². The zero-order valence-electron chi connectivity index (χ0n) is 13.6. The summed E-state index contributed by atoms with van der Waals surface area (Å²) in [5.74, 6) is 0.646. The maximum atomic E-state index is 6.28. The zero-order chi connectivity index (χ0) is 15.4. The topological polar surface area (TPSA) is 29.3 Å². The lowest BCUT2D eigenvalue weighted by Gasteiger charge is -2.35. The maximum Gasteiger partial charge on any atom is 0.0426 e. The first-order valence-electron chi connectivity index (χ1n) is 8.28. The third-order valence-electron chi connectivity index (χ3n) is 4.23. The lowest BCUT2D eigenvalue weighted by molar-refractivity contribution is 0.533. The van der Waals surface area contributed by atoms with Crippen molar-refractivity contribution in [3.8, 4) is 0 Å². The Hall–Kier alpha value is -0.730. The van der Waals surface area contributed by atoms with E-state index in [0.29, 0.717) is 12.0 Å². The predicted molar refractivity (Wildman–Crippen MR) is 93.2 cm³/mol. The SMILES string of the molecule is CC(C)CN(c1cc(Cl)ccc1CC(C)N)C1CCCC1. The number of rotatable bonds is 6. The van der Waals surface area contributed by atoms with Crippen LogP contribution >= 0.6 is 11.6 Å². The second kappa shape index (κ2) is 7.51. The second-order valence-corrected chi connectivity index (χ2v) is 7.38. The Kier molecular flexibility index (Phi) is 5.95. The largest absolute Gasteiger partial charge is 0.368 e. The van der Waals surface area contributed by atoms with Gasteiger partial charge in [0.15, 0.2) is 0 Å². The number of anilines is 1. The number of halogens is 1. The van der Waals surface area contributed by atoms with Crippen molar-refractivity contribution >= 4 is 17.3 Å². The van der Waals surface area contributed by atoms with Gasteiger partial charge in [0.1, 0.15) is 0 Å². The van der Waals surface area contributed by atoms with Crippen LogP contribution in [0, 0.1) is 5.92 Å². The van der Waals surface area contributed by atoms with Crippen molar-refractivity contribution in [2.24, 2.45) is 11.7 Å². The zero-order valence-corrected chi connectivity index (χ0v) is 14.4. The van der Waals surface area contributed by atoms with Gasteiger partial charge in [-0.25, -0.2) is 0 Å². The number of hydrogen-bond donors (Lipinski definition) is 1. The Morgan fingerprint density at radius 1 is 1.24 bits per heavy atom. The van der Waals surface area contributed by atoms with Crippen LogP contribution in [-0.4, -0.2) is 18.6 Å². The van der Waals surface area contributed by atoms with Crippen molar-refractivity contribution in [1.29, 1.82) is 0 Å². The Morgan fingerprint density at radius 2 is 1.90 bits per heavy atom. The van der Waals surface area contributed by atoms with Gasteiger partial charge in [-0.3, -0.25) is 0 Å². The molecule has 1 aliphatic carbocycles. The molecule has 0 radical (unpaired) electrons. The summed E-state index contributed by atoms with van der Waals surface area (Å²) in [6, 6.07) is 7.13. The van der Waals surface area contributed by atoms with E-state index in [-0.39, 0.29) is 6.04 Å². The van der Waals surface area contributed by atoms with Crippen LogP contribution in [0.1, 0.15) is 52.0 Å². The number of nitrogens with two attached hydrogens (primary N) is 1. The fourth-order valence-electron chi connectivity index (χ4n) is 3.38. The molecule has 1 atom stereocenters. The summed E-state index contributed by atoms with van der Waals surface area (Å²) in [5.41, 5.74) is 8.68. The van der Waals surface area contributed by atoms with Crippen LogP contribution in [0.15, 0.2) is 18.2 Å². The maximum absolute atomic E-state index is 6.28. The highest BCUT2D eigenvalue weighted by atomic mass is 35.5. The fraction of sp³-hybridized carbons (Fsp3) is 0.667. The van der Waals surface area contributed by atoms with Gasteiger partial charge >= 0.3 is 0 Å². The summed E-state index contributed by atoms with van der Waals surface area (Å²) in [6.45, 7) is 7.74. The van der Waals surface area contributed by atoms with Gasteiger partial charge in [0, 0.05) is 29.3 Å². The number of nitrogens with zero attached hydrogens (tertiary/aromatic N) is 1. The molecule has 1 aromatic carbocycles. The molecule has 3 heteroatoms. The van der Waals surface area contributed by atoms with E-state index in [0.717, 1.165) is 18.0 Å². The van der Waals surface area contributed by atoms with Crippen LogP contribution in [0.3, 0.4) is 0 Å². The van der Waals surface area contributed by atoms with Crippen molar-refractivity contribution in [2.75, 3.05) is 11.4 Å². The minimum absolute atomic E-state index is 0.175. The van der Waals surface area contributed by atoms with Gasteiger partial charge in [0.2, 0.25) is 0 Å². The first-order chi connectivity index (χ1) is 9.97. The molecule has 2 nitrogen and oxygen atoms in total. The molecule has 1 aromatic rings. The number of benzene rings is 1. The molecule has 1 fully saturated rings. The minimum Gasteiger partial charge on any atom is -0.368 e. The van der Waals surface area contributed by atoms with Crippen molar-refractivity contribution in [3.05, 3.63) is 28.8 Å². The molecular weight excluding hydrogens is 280 g/mol. The molecule has 1 saturated carbocycles. The van der Waals surface area contributed by atoms with Gasteiger partial charge in [-0.2, -0.15) is 0 Å². The van der Waals surface area contributed by atoms with E-state index in [1.165, 1.54) is 36.9 Å². The van der Waals surface area contributed by atoms with Crippen molar-refractivity contribution in [1.82, 2.24) is 0 Å². The summed E-state index contributed by atoms with van der Waals surface area (Å²) < 4.78 is 0. The lowest BCUT2D eigenvalue weighted by Crippen LogP contribution is -2.37. The number of hydrogen-bond acceptors (Lipinski definition) is 2. The minimum atomic E-state index is 0.175. The summed E-state index contributed by atoms with van der Waals surface area (Å²) >= 11 is 6.28. The fourth-order valence-corrected chi connectivity index (χ4v) is 3.54. The summed E-state index contributed by atoms with van der Waals surface area (Å²) in [7, 11) is 0. The molecule has 118 valence electrons. The van der Waals surface area contributed by atoms with Gasteiger partial charge in [0.25, 0.3) is 0 Å². The van der Waals surface area contributed by atoms with E-state index in [1.54, 1.807) is 0 Å². The van der Waals surface area contributed by atoms with Crippen molar-refractivity contribution < 1.29 is 0 Å². The lowest BCUT2D eigenvalue weighted by atomic mass is 10.0. The molecule has 2 N–H and O–H groups in total. The van der Waals surface area contributed by atoms with E-state index in [1.807, 2.05) is 6.07 Å². The van der Waals surface area contributed by atoms with E-state index in [2.05, 4.69) is 37.8 Å². The molecule has 0 heterocycles. The average molecular weight is 309 g/mol. The van der Waals surface area contributed by atoms with Crippen LogP contribution in [-0.2, 0) is 6.42 Å². The van der Waals surface area contributed by atoms with E-state index in [9.17, 15) is 0 Å². The predicted octanol–water partition coefficient (Wildman–Crippen LogP) is 4.63. The average Bonchev–Trinajstić information content (AvgIpc) is 2.91. The Balaban J connectivity index is 2.34. The standard InChI is InChI=1S/C18H29ClN2/c1-13(2)12-21(17-6-4-5-7-17)18-11-16(19)9-8-15(18)10-14(3)20/h8-9,11,13-14,17H,4-7,10,12,20H2,1-3H3.